The van der Waals surface area contributed by atoms with Gasteiger partial charge in [0.25, 0.3) is 0 Å². The van der Waals surface area contributed by atoms with Gasteiger partial charge in [0, 0.05) is 16.6 Å². The molecule has 26 heavy (non-hydrogen) atoms. The quantitative estimate of drug-likeness (QED) is 0.798. The Hall–Kier alpha value is -1.03. The molecule has 1 aromatic heterocycles. The molecular weight excluding hydrogens is 342 g/mol. The minimum Gasteiger partial charge on any atom is -0.358 e. The third kappa shape index (κ3) is 4.44. The highest BCUT2D eigenvalue weighted by molar-refractivity contribution is 5.85. The minimum absolute atomic E-state index is 0. The first-order chi connectivity index (χ1) is 12.3. The minimum atomic E-state index is 0. The Balaban J connectivity index is 0.00000196. The highest BCUT2D eigenvalue weighted by Crippen LogP contribution is 2.35. The standard InChI is InChI=1S/C22H33N3.ClH/c1-18-22(20-8-3-4-9-21(20)23-18)19-10-16-25(17-11-19)15-7-14-24-12-5-2-6-13-24;/h3-4,8-9,19,23H,2,5-7,10-17H2,1H3;1H. The van der Waals surface area contributed by atoms with Crippen LogP contribution >= 0.6 is 12.4 Å². The van der Waals surface area contributed by atoms with Gasteiger partial charge in [-0.25, -0.2) is 0 Å². The van der Waals surface area contributed by atoms with E-state index in [0.717, 1.165) is 5.92 Å². The highest BCUT2D eigenvalue weighted by Gasteiger charge is 2.24. The van der Waals surface area contributed by atoms with Crippen LogP contribution < -0.4 is 0 Å². The maximum atomic E-state index is 3.59. The Labute approximate surface area is 164 Å². The van der Waals surface area contributed by atoms with Gasteiger partial charge in [-0.1, -0.05) is 24.6 Å². The molecule has 2 aliphatic heterocycles. The van der Waals surface area contributed by atoms with Crippen molar-refractivity contribution >= 4 is 23.3 Å². The van der Waals surface area contributed by atoms with Crippen LogP contribution in [0.15, 0.2) is 24.3 Å². The van der Waals surface area contributed by atoms with Crippen LogP contribution in [-0.2, 0) is 0 Å². The molecule has 2 fully saturated rings. The third-order valence-electron chi connectivity index (χ3n) is 6.34. The van der Waals surface area contributed by atoms with Gasteiger partial charge >= 0.3 is 0 Å². The van der Waals surface area contributed by atoms with E-state index in [9.17, 15) is 0 Å². The van der Waals surface area contributed by atoms with Crippen LogP contribution in [-0.4, -0.2) is 54.1 Å². The summed E-state index contributed by atoms with van der Waals surface area (Å²) >= 11 is 0. The number of benzene rings is 1. The second-order valence-corrected chi connectivity index (χ2v) is 8.08. The zero-order chi connectivity index (χ0) is 17.1. The number of aryl methyl sites for hydroxylation is 1. The number of hydrogen-bond donors (Lipinski definition) is 1. The fraction of sp³-hybridized carbons (Fsp3) is 0.636. The summed E-state index contributed by atoms with van der Waals surface area (Å²) in [5, 5.41) is 1.45. The number of likely N-dealkylation sites (tertiary alicyclic amines) is 2. The van der Waals surface area contributed by atoms with E-state index in [2.05, 4.69) is 46.0 Å². The molecule has 4 heteroatoms. The average molecular weight is 376 g/mol. The van der Waals surface area contributed by atoms with E-state index >= 15 is 0 Å². The van der Waals surface area contributed by atoms with Gasteiger partial charge in [0.1, 0.15) is 0 Å². The lowest BCUT2D eigenvalue weighted by molar-refractivity contribution is 0.181. The van der Waals surface area contributed by atoms with Crippen molar-refractivity contribution in [2.24, 2.45) is 0 Å². The number of aromatic nitrogens is 1. The van der Waals surface area contributed by atoms with Crippen molar-refractivity contribution < 1.29 is 0 Å². The fourth-order valence-electron chi connectivity index (χ4n) is 4.97. The second-order valence-electron chi connectivity index (χ2n) is 8.08. The molecule has 144 valence electrons. The SMILES string of the molecule is Cc1[nH]c2ccccc2c1C1CCN(CCCN2CCCCC2)CC1.Cl. The maximum absolute atomic E-state index is 3.59. The number of hydrogen-bond acceptors (Lipinski definition) is 2. The summed E-state index contributed by atoms with van der Waals surface area (Å²) in [7, 11) is 0. The molecule has 0 unspecified atom stereocenters. The molecule has 0 radical (unpaired) electrons. The summed E-state index contributed by atoms with van der Waals surface area (Å²) in [5.41, 5.74) is 4.27. The summed E-state index contributed by atoms with van der Waals surface area (Å²) in [6.07, 6.45) is 8.23. The number of halogens is 1. The van der Waals surface area contributed by atoms with Crippen molar-refractivity contribution in [3.8, 4) is 0 Å². The molecule has 2 aliphatic rings. The van der Waals surface area contributed by atoms with Gasteiger partial charge in [0.05, 0.1) is 0 Å². The van der Waals surface area contributed by atoms with E-state index in [-0.39, 0.29) is 12.4 Å². The molecule has 1 N–H and O–H groups in total. The fourth-order valence-corrected chi connectivity index (χ4v) is 4.97. The van der Waals surface area contributed by atoms with Crippen LogP contribution in [0, 0.1) is 6.92 Å². The normalized spacial score (nSPS) is 20.3. The van der Waals surface area contributed by atoms with Gasteiger partial charge < -0.3 is 14.8 Å². The smallest absolute Gasteiger partial charge is 0.0458 e. The molecule has 0 bridgehead atoms. The number of nitrogens with one attached hydrogen (secondary N) is 1. The number of nitrogens with zero attached hydrogens (tertiary/aromatic N) is 2. The van der Waals surface area contributed by atoms with Crippen molar-refractivity contribution in [3.63, 3.8) is 0 Å². The first-order valence-corrected chi connectivity index (χ1v) is 10.3. The van der Waals surface area contributed by atoms with Gasteiger partial charge in [-0.05, 0) is 95.8 Å². The van der Waals surface area contributed by atoms with E-state index in [0.29, 0.717) is 0 Å². The van der Waals surface area contributed by atoms with Crippen LogP contribution in [0.2, 0.25) is 0 Å². The van der Waals surface area contributed by atoms with Crippen molar-refractivity contribution in [2.45, 2.75) is 51.4 Å². The highest BCUT2D eigenvalue weighted by atomic mass is 35.5. The van der Waals surface area contributed by atoms with Crippen LogP contribution in [0.1, 0.15) is 55.7 Å². The molecule has 3 heterocycles. The van der Waals surface area contributed by atoms with Gasteiger partial charge in [-0.15, -0.1) is 12.4 Å². The number of rotatable bonds is 5. The summed E-state index contributed by atoms with van der Waals surface area (Å²) in [6.45, 7) is 10.1. The van der Waals surface area contributed by atoms with Crippen LogP contribution in [0.5, 0.6) is 0 Å². The Bertz CT molecular complexity index is 682. The predicted molar refractivity (Wildman–Crippen MR) is 114 cm³/mol. The van der Waals surface area contributed by atoms with Crippen molar-refractivity contribution in [1.82, 2.24) is 14.8 Å². The lowest BCUT2D eigenvalue weighted by Crippen LogP contribution is -2.36. The van der Waals surface area contributed by atoms with Crippen LogP contribution in [0.4, 0.5) is 0 Å². The van der Waals surface area contributed by atoms with Crippen LogP contribution in [0.3, 0.4) is 0 Å². The number of piperidine rings is 2. The molecule has 0 amide bonds. The molecule has 0 saturated carbocycles. The largest absolute Gasteiger partial charge is 0.358 e. The van der Waals surface area contributed by atoms with Gasteiger partial charge in [0.15, 0.2) is 0 Å². The van der Waals surface area contributed by atoms with Gasteiger partial charge in [-0.3, -0.25) is 0 Å². The molecular formula is C22H34ClN3. The lowest BCUT2D eigenvalue weighted by atomic mass is 9.87. The van der Waals surface area contributed by atoms with Crippen molar-refractivity contribution in [1.29, 1.82) is 0 Å². The Kier molecular flexibility index (Phi) is 7.02. The van der Waals surface area contributed by atoms with E-state index in [4.69, 9.17) is 0 Å². The van der Waals surface area contributed by atoms with Crippen molar-refractivity contribution in [2.75, 3.05) is 39.3 Å². The third-order valence-corrected chi connectivity index (χ3v) is 6.34. The zero-order valence-electron chi connectivity index (χ0n) is 16.2. The van der Waals surface area contributed by atoms with E-state index < -0.39 is 0 Å². The molecule has 4 rings (SSSR count). The topological polar surface area (TPSA) is 22.3 Å². The first kappa shape index (κ1) is 19.7. The molecule has 0 spiro atoms. The summed E-state index contributed by atoms with van der Waals surface area (Å²) < 4.78 is 0. The number of H-pyrrole nitrogens is 1. The van der Waals surface area contributed by atoms with Gasteiger partial charge in [0.2, 0.25) is 0 Å². The molecule has 0 aliphatic carbocycles. The first-order valence-electron chi connectivity index (χ1n) is 10.3. The monoisotopic (exact) mass is 375 g/mol. The number of aromatic amines is 1. The van der Waals surface area contributed by atoms with Gasteiger partial charge in [-0.2, -0.15) is 0 Å². The zero-order valence-corrected chi connectivity index (χ0v) is 17.0. The van der Waals surface area contributed by atoms with Crippen LogP contribution in [0.25, 0.3) is 10.9 Å². The number of fused-ring (bicyclic) bond motifs is 1. The summed E-state index contributed by atoms with van der Waals surface area (Å²) in [4.78, 5) is 8.96. The second kappa shape index (κ2) is 9.25. The summed E-state index contributed by atoms with van der Waals surface area (Å²) in [5.74, 6) is 0.731. The lowest BCUT2D eigenvalue weighted by Gasteiger charge is -2.33. The Morgan fingerprint density at radius 1 is 0.923 bits per heavy atom. The molecule has 0 atom stereocenters. The average Bonchev–Trinajstić information content (AvgIpc) is 2.99. The Morgan fingerprint density at radius 3 is 2.31 bits per heavy atom. The molecule has 2 aromatic rings. The van der Waals surface area contributed by atoms with Crippen molar-refractivity contribution in [3.05, 3.63) is 35.5 Å². The maximum Gasteiger partial charge on any atom is 0.0458 e. The molecule has 3 nitrogen and oxygen atoms in total. The summed E-state index contributed by atoms with van der Waals surface area (Å²) in [6, 6.07) is 8.81. The Morgan fingerprint density at radius 2 is 1.58 bits per heavy atom. The predicted octanol–water partition coefficient (Wildman–Crippen LogP) is 4.95. The molecule has 2 saturated heterocycles. The van der Waals surface area contributed by atoms with E-state index in [1.54, 1.807) is 5.56 Å². The number of para-hydroxylation sites is 1. The van der Waals surface area contributed by atoms with E-state index in [1.807, 2.05) is 0 Å². The molecule has 1 aromatic carbocycles. The van der Waals surface area contributed by atoms with E-state index in [1.165, 1.54) is 94.4 Å².